The average Bonchev–Trinajstić information content (AvgIpc) is 2.44. The van der Waals surface area contributed by atoms with Crippen LogP contribution in [0.4, 0.5) is 26.3 Å². The van der Waals surface area contributed by atoms with Gasteiger partial charge in [0.2, 0.25) is 0 Å². The Kier molecular flexibility index (Phi) is 3.79. The number of hydrogen-bond acceptors (Lipinski definition) is 3. The average molecular weight is 317 g/mol. The number of aromatic nitrogens is 2. The van der Waals surface area contributed by atoms with Gasteiger partial charge in [-0.3, -0.25) is 9.97 Å². The van der Waals surface area contributed by atoms with Gasteiger partial charge in [-0.25, -0.2) is 0 Å². The van der Waals surface area contributed by atoms with E-state index in [-0.39, 0.29) is 17.2 Å². The van der Waals surface area contributed by atoms with E-state index in [1.165, 1.54) is 0 Å². The lowest BCUT2D eigenvalue weighted by Crippen LogP contribution is -2.18. The van der Waals surface area contributed by atoms with Gasteiger partial charge in [0.05, 0.1) is 22.4 Å². The van der Waals surface area contributed by atoms with E-state index >= 15 is 0 Å². The van der Waals surface area contributed by atoms with Gasteiger partial charge in [0.1, 0.15) is 6.07 Å². The van der Waals surface area contributed by atoms with Gasteiger partial charge in [-0.15, -0.1) is 0 Å². The Morgan fingerprint density at radius 3 is 2.18 bits per heavy atom. The van der Waals surface area contributed by atoms with Crippen LogP contribution in [0, 0.1) is 11.3 Å². The van der Waals surface area contributed by atoms with Crippen LogP contribution >= 0.6 is 0 Å². The Morgan fingerprint density at radius 1 is 0.955 bits per heavy atom. The minimum Gasteiger partial charge on any atom is -0.263 e. The zero-order valence-corrected chi connectivity index (χ0v) is 10.5. The molecule has 0 aliphatic rings. The summed E-state index contributed by atoms with van der Waals surface area (Å²) >= 11 is 0. The molecule has 0 bridgehead atoms. The van der Waals surface area contributed by atoms with Crippen LogP contribution in [0.15, 0.2) is 30.7 Å². The van der Waals surface area contributed by atoms with Crippen LogP contribution in [-0.4, -0.2) is 9.97 Å². The molecular weight excluding hydrogens is 312 g/mol. The monoisotopic (exact) mass is 317 g/mol. The van der Waals surface area contributed by atoms with Crippen molar-refractivity contribution in [2.45, 2.75) is 12.4 Å². The summed E-state index contributed by atoms with van der Waals surface area (Å²) in [6.07, 6.45) is -7.85. The number of nitriles is 1. The molecule has 22 heavy (non-hydrogen) atoms. The van der Waals surface area contributed by atoms with E-state index < -0.39 is 29.2 Å². The van der Waals surface area contributed by atoms with Crippen LogP contribution in [0.25, 0.3) is 11.3 Å². The van der Waals surface area contributed by atoms with Crippen molar-refractivity contribution in [3.63, 3.8) is 0 Å². The van der Waals surface area contributed by atoms with Crippen molar-refractivity contribution < 1.29 is 26.3 Å². The number of rotatable bonds is 1. The Morgan fingerprint density at radius 2 is 1.64 bits per heavy atom. The summed E-state index contributed by atoms with van der Waals surface area (Å²) in [5.74, 6) is 0. The molecule has 2 aromatic heterocycles. The zero-order valence-electron chi connectivity index (χ0n) is 10.5. The SMILES string of the molecule is N#Cc1cnccc1-c1nccc(C(F)(F)F)c1C(F)(F)F. The van der Waals surface area contributed by atoms with Crippen LogP contribution in [0.3, 0.4) is 0 Å². The second kappa shape index (κ2) is 5.29. The molecule has 2 aromatic rings. The molecule has 0 saturated carbocycles. The Balaban J connectivity index is 2.86. The molecule has 2 heterocycles. The van der Waals surface area contributed by atoms with Crippen molar-refractivity contribution >= 4 is 0 Å². The second-order valence-electron chi connectivity index (χ2n) is 4.11. The summed E-state index contributed by atoms with van der Waals surface area (Å²) in [5.41, 5.74) is -5.41. The van der Waals surface area contributed by atoms with Gasteiger partial charge < -0.3 is 0 Å². The molecule has 0 radical (unpaired) electrons. The summed E-state index contributed by atoms with van der Waals surface area (Å²) in [7, 11) is 0. The summed E-state index contributed by atoms with van der Waals surface area (Å²) in [4.78, 5) is 6.95. The fourth-order valence-corrected chi connectivity index (χ4v) is 1.88. The predicted octanol–water partition coefficient (Wildman–Crippen LogP) is 4.05. The van der Waals surface area contributed by atoms with Crippen molar-refractivity contribution in [1.82, 2.24) is 9.97 Å². The minimum atomic E-state index is -5.29. The van der Waals surface area contributed by atoms with E-state index in [0.717, 1.165) is 18.5 Å². The maximum atomic E-state index is 13.1. The number of pyridine rings is 2. The fraction of sp³-hybridized carbons (Fsp3) is 0.154. The van der Waals surface area contributed by atoms with Crippen molar-refractivity contribution in [3.8, 4) is 17.3 Å². The number of halogens is 6. The van der Waals surface area contributed by atoms with Gasteiger partial charge in [-0.1, -0.05) is 0 Å². The third-order valence-electron chi connectivity index (χ3n) is 2.74. The first-order chi connectivity index (χ1) is 10.2. The van der Waals surface area contributed by atoms with Crippen LogP contribution in [-0.2, 0) is 12.4 Å². The van der Waals surface area contributed by atoms with Crippen LogP contribution in [0.5, 0.6) is 0 Å². The molecule has 0 aliphatic carbocycles. The molecule has 0 fully saturated rings. The molecule has 0 N–H and O–H groups in total. The highest BCUT2D eigenvalue weighted by molar-refractivity contribution is 5.71. The summed E-state index contributed by atoms with van der Waals surface area (Å²) in [6.45, 7) is 0. The smallest absolute Gasteiger partial charge is 0.263 e. The fourth-order valence-electron chi connectivity index (χ4n) is 1.88. The largest absolute Gasteiger partial charge is 0.419 e. The zero-order chi connectivity index (χ0) is 16.5. The van der Waals surface area contributed by atoms with Gasteiger partial charge >= 0.3 is 12.4 Å². The minimum absolute atomic E-state index is 0.250. The van der Waals surface area contributed by atoms with Gasteiger partial charge in [-0.2, -0.15) is 31.6 Å². The third kappa shape index (κ3) is 2.86. The van der Waals surface area contributed by atoms with E-state index in [9.17, 15) is 26.3 Å². The summed E-state index contributed by atoms with van der Waals surface area (Å²) in [6, 6.07) is 2.84. The van der Waals surface area contributed by atoms with E-state index in [1.807, 2.05) is 0 Å². The molecule has 0 unspecified atom stereocenters. The topological polar surface area (TPSA) is 49.6 Å². The molecule has 0 saturated heterocycles. The van der Waals surface area contributed by atoms with Gasteiger partial charge in [0.15, 0.2) is 0 Å². The quantitative estimate of drug-likeness (QED) is 0.746. The van der Waals surface area contributed by atoms with Crippen molar-refractivity contribution in [2.24, 2.45) is 0 Å². The van der Waals surface area contributed by atoms with Crippen molar-refractivity contribution in [1.29, 1.82) is 5.26 Å². The first-order valence-corrected chi connectivity index (χ1v) is 5.64. The van der Waals surface area contributed by atoms with E-state index in [0.29, 0.717) is 6.20 Å². The summed E-state index contributed by atoms with van der Waals surface area (Å²) < 4.78 is 77.9. The number of alkyl halides is 6. The van der Waals surface area contributed by atoms with Gasteiger partial charge in [0, 0.05) is 24.2 Å². The molecule has 2 rings (SSSR count). The Bertz CT molecular complexity index is 743. The lowest BCUT2D eigenvalue weighted by Gasteiger charge is -2.18. The molecule has 0 amide bonds. The molecule has 9 heteroatoms. The van der Waals surface area contributed by atoms with Crippen molar-refractivity contribution in [2.75, 3.05) is 0 Å². The molecule has 0 aromatic carbocycles. The third-order valence-corrected chi connectivity index (χ3v) is 2.74. The lowest BCUT2D eigenvalue weighted by atomic mass is 9.98. The van der Waals surface area contributed by atoms with E-state index in [1.54, 1.807) is 6.07 Å². The van der Waals surface area contributed by atoms with Gasteiger partial charge in [0.25, 0.3) is 0 Å². The molecule has 114 valence electrons. The Labute approximate surface area is 119 Å². The van der Waals surface area contributed by atoms with E-state index in [2.05, 4.69) is 9.97 Å². The maximum absolute atomic E-state index is 13.1. The molecule has 3 nitrogen and oxygen atoms in total. The van der Waals surface area contributed by atoms with E-state index in [4.69, 9.17) is 5.26 Å². The lowest BCUT2D eigenvalue weighted by molar-refractivity contribution is -0.161. The molecular formula is C13H5F6N3. The molecule has 0 aliphatic heterocycles. The maximum Gasteiger partial charge on any atom is 0.419 e. The highest BCUT2D eigenvalue weighted by atomic mass is 19.4. The van der Waals surface area contributed by atoms with Crippen LogP contribution in [0.1, 0.15) is 16.7 Å². The van der Waals surface area contributed by atoms with Gasteiger partial charge in [-0.05, 0) is 12.1 Å². The Hall–Kier alpha value is -2.63. The van der Waals surface area contributed by atoms with Crippen molar-refractivity contribution in [3.05, 3.63) is 47.4 Å². The summed E-state index contributed by atoms with van der Waals surface area (Å²) in [5, 5.41) is 8.88. The molecule has 0 spiro atoms. The highest BCUT2D eigenvalue weighted by Crippen LogP contribution is 2.44. The predicted molar refractivity (Wildman–Crippen MR) is 62.2 cm³/mol. The number of hydrogen-bond donors (Lipinski definition) is 0. The first kappa shape index (κ1) is 15.8. The molecule has 0 atom stereocenters. The van der Waals surface area contributed by atoms with Crippen LogP contribution < -0.4 is 0 Å². The number of nitrogens with zero attached hydrogens (tertiary/aromatic N) is 3. The first-order valence-electron chi connectivity index (χ1n) is 5.64. The standard InChI is InChI=1S/C13H5F6N3/c14-12(15,16)9-2-4-22-11(10(9)13(17,18)19)8-1-3-21-6-7(8)5-20/h1-4,6H. The van der Waals surface area contributed by atoms with Crippen LogP contribution in [0.2, 0.25) is 0 Å². The highest BCUT2D eigenvalue weighted by Gasteiger charge is 2.45. The normalized spacial score (nSPS) is 12.0. The second-order valence-corrected chi connectivity index (χ2v) is 4.11.